The van der Waals surface area contributed by atoms with Gasteiger partial charge in [-0.05, 0) is 47.6 Å². The molecule has 0 saturated heterocycles. The molecule has 1 aliphatic rings. The predicted octanol–water partition coefficient (Wildman–Crippen LogP) is 3.64. The van der Waals surface area contributed by atoms with Crippen LogP contribution in [0, 0.1) is 12.8 Å². The Morgan fingerprint density at radius 3 is 2.57 bits per heavy atom. The van der Waals surface area contributed by atoms with Crippen LogP contribution in [0.25, 0.3) is 0 Å². The highest BCUT2D eigenvalue weighted by molar-refractivity contribution is 7.08. The minimum atomic E-state index is 0.293. The molecule has 14 heavy (non-hydrogen) atoms. The molecule has 1 aromatic heterocycles. The Morgan fingerprint density at radius 2 is 2.00 bits per heavy atom. The van der Waals surface area contributed by atoms with E-state index >= 15 is 0 Å². The number of hydrogen-bond acceptors (Lipinski definition) is 2. The molecule has 0 bridgehead atoms. The van der Waals surface area contributed by atoms with Gasteiger partial charge in [-0.3, -0.25) is 0 Å². The number of aryl methyl sites for hydroxylation is 1. The van der Waals surface area contributed by atoms with Crippen molar-refractivity contribution in [3.8, 4) is 0 Å². The first-order chi connectivity index (χ1) is 6.79. The van der Waals surface area contributed by atoms with Crippen LogP contribution in [0.2, 0.25) is 0 Å². The fourth-order valence-electron chi connectivity index (χ4n) is 2.46. The maximum absolute atomic E-state index is 6.32. The van der Waals surface area contributed by atoms with Crippen LogP contribution in [0.5, 0.6) is 0 Å². The maximum atomic E-state index is 6.32. The summed E-state index contributed by atoms with van der Waals surface area (Å²) < 4.78 is 0. The van der Waals surface area contributed by atoms with Crippen molar-refractivity contribution in [2.24, 2.45) is 11.7 Å². The van der Waals surface area contributed by atoms with E-state index in [-0.39, 0.29) is 0 Å². The summed E-state index contributed by atoms with van der Waals surface area (Å²) in [5.74, 6) is 0.733. The zero-order chi connectivity index (χ0) is 9.97. The van der Waals surface area contributed by atoms with E-state index in [0.717, 1.165) is 5.92 Å². The molecular formula is C12H19NS. The first-order valence-corrected chi connectivity index (χ1v) is 6.51. The molecule has 1 nitrogen and oxygen atoms in total. The molecule has 2 heteroatoms. The third kappa shape index (κ3) is 2.01. The minimum Gasteiger partial charge on any atom is -0.324 e. The van der Waals surface area contributed by atoms with Gasteiger partial charge in [-0.15, -0.1) is 0 Å². The third-order valence-electron chi connectivity index (χ3n) is 3.41. The Bertz CT molecular complexity index is 286. The van der Waals surface area contributed by atoms with Gasteiger partial charge >= 0.3 is 0 Å². The van der Waals surface area contributed by atoms with Gasteiger partial charge in [0.05, 0.1) is 0 Å². The van der Waals surface area contributed by atoms with Gasteiger partial charge in [0.1, 0.15) is 0 Å². The van der Waals surface area contributed by atoms with Gasteiger partial charge in [0, 0.05) is 6.04 Å². The van der Waals surface area contributed by atoms with Crippen molar-refractivity contribution >= 4 is 11.3 Å². The van der Waals surface area contributed by atoms with Crippen molar-refractivity contribution in [2.75, 3.05) is 0 Å². The van der Waals surface area contributed by atoms with E-state index in [1.165, 1.54) is 43.2 Å². The highest BCUT2D eigenvalue weighted by Crippen LogP contribution is 2.34. The van der Waals surface area contributed by atoms with E-state index in [1.807, 2.05) is 0 Å². The average molecular weight is 209 g/mol. The first-order valence-electron chi connectivity index (χ1n) is 5.57. The second-order valence-electron chi connectivity index (χ2n) is 4.43. The molecular weight excluding hydrogens is 190 g/mol. The highest BCUT2D eigenvalue weighted by Gasteiger charge is 2.22. The molecule has 0 spiro atoms. The SMILES string of the molecule is Cc1cscc1C(N)C1CCCCC1. The Labute approximate surface area is 90.3 Å². The molecule has 2 N–H and O–H groups in total. The van der Waals surface area contributed by atoms with Gasteiger partial charge < -0.3 is 5.73 Å². The Balaban J connectivity index is 2.07. The van der Waals surface area contributed by atoms with E-state index in [1.54, 1.807) is 11.3 Å². The fourth-order valence-corrected chi connectivity index (χ4v) is 3.36. The third-order valence-corrected chi connectivity index (χ3v) is 4.29. The predicted molar refractivity (Wildman–Crippen MR) is 62.6 cm³/mol. The second kappa shape index (κ2) is 4.45. The van der Waals surface area contributed by atoms with Crippen LogP contribution in [0.15, 0.2) is 10.8 Å². The lowest BCUT2D eigenvalue weighted by molar-refractivity contribution is 0.308. The monoisotopic (exact) mass is 209 g/mol. The largest absolute Gasteiger partial charge is 0.324 e. The van der Waals surface area contributed by atoms with Crippen molar-refractivity contribution in [1.29, 1.82) is 0 Å². The van der Waals surface area contributed by atoms with E-state index in [4.69, 9.17) is 5.73 Å². The summed E-state index contributed by atoms with van der Waals surface area (Å²) in [5, 5.41) is 4.44. The minimum absolute atomic E-state index is 0.293. The van der Waals surface area contributed by atoms with Crippen LogP contribution in [-0.2, 0) is 0 Å². The fraction of sp³-hybridized carbons (Fsp3) is 0.667. The Kier molecular flexibility index (Phi) is 3.24. The zero-order valence-electron chi connectivity index (χ0n) is 8.83. The summed E-state index contributed by atoms with van der Waals surface area (Å²) in [7, 11) is 0. The summed E-state index contributed by atoms with van der Waals surface area (Å²) in [6.45, 7) is 2.18. The molecule has 1 fully saturated rings. The van der Waals surface area contributed by atoms with Crippen LogP contribution in [0.4, 0.5) is 0 Å². The number of hydrogen-bond donors (Lipinski definition) is 1. The quantitative estimate of drug-likeness (QED) is 0.790. The van der Waals surface area contributed by atoms with Crippen LogP contribution >= 0.6 is 11.3 Å². The number of rotatable bonds is 2. The average Bonchev–Trinajstić information content (AvgIpc) is 2.65. The molecule has 0 amide bonds. The van der Waals surface area contributed by atoms with Crippen molar-refractivity contribution in [3.05, 3.63) is 21.9 Å². The first kappa shape index (κ1) is 10.2. The molecule has 0 radical (unpaired) electrons. The van der Waals surface area contributed by atoms with Gasteiger partial charge in [-0.1, -0.05) is 19.3 Å². The summed E-state index contributed by atoms with van der Waals surface area (Å²) >= 11 is 1.78. The van der Waals surface area contributed by atoms with E-state index in [0.29, 0.717) is 6.04 Å². The summed E-state index contributed by atoms with van der Waals surface area (Å²) in [6.07, 6.45) is 6.82. The van der Waals surface area contributed by atoms with Crippen molar-refractivity contribution in [1.82, 2.24) is 0 Å². The summed E-state index contributed by atoms with van der Waals surface area (Å²) in [5.41, 5.74) is 9.09. The van der Waals surface area contributed by atoms with Crippen LogP contribution in [-0.4, -0.2) is 0 Å². The maximum Gasteiger partial charge on any atom is 0.0334 e. The molecule has 1 aromatic rings. The van der Waals surface area contributed by atoms with Crippen LogP contribution in [0.1, 0.15) is 49.3 Å². The van der Waals surface area contributed by atoms with E-state index < -0.39 is 0 Å². The lowest BCUT2D eigenvalue weighted by atomic mass is 9.81. The molecule has 0 aliphatic heterocycles. The molecule has 1 heterocycles. The lowest BCUT2D eigenvalue weighted by Crippen LogP contribution is -2.23. The Hall–Kier alpha value is -0.340. The van der Waals surface area contributed by atoms with Gasteiger partial charge in [-0.2, -0.15) is 11.3 Å². The molecule has 0 aromatic carbocycles. The highest BCUT2D eigenvalue weighted by atomic mass is 32.1. The van der Waals surface area contributed by atoms with E-state index in [9.17, 15) is 0 Å². The molecule has 1 saturated carbocycles. The van der Waals surface area contributed by atoms with Crippen LogP contribution in [0.3, 0.4) is 0 Å². The zero-order valence-corrected chi connectivity index (χ0v) is 9.65. The Morgan fingerprint density at radius 1 is 1.29 bits per heavy atom. The van der Waals surface area contributed by atoms with E-state index in [2.05, 4.69) is 17.7 Å². The summed E-state index contributed by atoms with van der Waals surface area (Å²) in [6, 6.07) is 0.293. The smallest absolute Gasteiger partial charge is 0.0334 e. The van der Waals surface area contributed by atoms with Gasteiger partial charge in [0.15, 0.2) is 0 Å². The molecule has 1 aliphatic carbocycles. The van der Waals surface area contributed by atoms with Crippen molar-refractivity contribution < 1.29 is 0 Å². The number of nitrogens with two attached hydrogens (primary N) is 1. The lowest BCUT2D eigenvalue weighted by Gasteiger charge is -2.27. The summed E-state index contributed by atoms with van der Waals surface area (Å²) in [4.78, 5) is 0. The van der Waals surface area contributed by atoms with Crippen molar-refractivity contribution in [2.45, 2.75) is 45.1 Å². The van der Waals surface area contributed by atoms with Crippen LogP contribution < -0.4 is 5.73 Å². The molecule has 2 rings (SSSR count). The topological polar surface area (TPSA) is 26.0 Å². The normalized spacial score (nSPS) is 21.0. The van der Waals surface area contributed by atoms with Crippen molar-refractivity contribution in [3.63, 3.8) is 0 Å². The standard InChI is InChI=1S/C12H19NS/c1-9-7-14-8-11(9)12(13)10-5-3-2-4-6-10/h7-8,10,12H,2-6,13H2,1H3. The van der Waals surface area contributed by atoms with Gasteiger partial charge in [0.25, 0.3) is 0 Å². The molecule has 1 unspecified atom stereocenters. The second-order valence-corrected chi connectivity index (χ2v) is 5.18. The van der Waals surface area contributed by atoms with Gasteiger partial charge in [-0.25, -0.2) is 0 Å². The van der Waals surface area contributed by atoms with Gasteiger partial charge in [0.2, 0.25) is 0 Å². The number of thiophene rings is 1. The molecule has 78 valence electrons. The molecule has 1 atom stereocenters.